The van der Waals surface area contributed by atoms with Crippen LogP contribution in [0.15, 0.2) is 42.5 Å². The summed E-state index contributed by atoms with van der Waals surface area (Å²) in [5.74, 6) is -4.72. The first-order chi connectivity index (χ1) is 13.6. The average Bonchev–Trinajstić information content (AvgIpc) is 2.64. The van der Waals surface area contributed by atoms with Crippen LogP contribution in [0.4, 0.5) is 32.4 Å². The fourth-order valence-corrected chi connectivity index (χ4v) is 2.53. The topological polar surface area (TPSA) is 41.6 Å². The molecule has 0 aromatic heterocycles. The molecule has 10 heteroatoms. The van der Waals surface area contributed by atoms with Gasteiger partial charge in [0, 0.05) is 24.3 Å². The van der Waals surface area contributed by atoms with Crippen molar-refractivity contribution in [3.8, 4) is 0 Å². The number of hydrogen-bond donors (Lipinski definition) is 1. The van der Waals surface area contributed by atoms with Crippen LogP contribution in [0.1, 0.15) is 11.1 Å². The molecule has 0 saturated heterocycles. The summed E-state index contributed by atoms with van der Waals surface area (Å²) in [7, 11) is 1.51. The van der Waals surface area contributed by atoms with E-state index >= 15 is 0 Å². The fraction of sp³-hybridized carbons (Fsp3) is 0.316. The molecule has 1 N–H and O–H groups in total. The molecule has 0 saturated carbocycles. The summed E-state index contributed by atoms with van der Waals surface area (Å²) < 4.78 is 67.7. The number of hydrogen-bond acceptors (Lipinski definition) is 2. The maximum Gasteiger partial charge on any atom is 0.330 e. The third kappa shape index (κ3) is 6.86. The second-order valence-electron chi connectivity index (χ2n) is 6.28. The van der Waals surface area contributed by atoms with E-state index in [2.05, 4.69) is 10.1 Å². The van der Waals surface area contributed by atoms with Crippen LogP contribution in [0.25, 0.3) is 0 Å². The predicted octanol–water partition coefficient (Wildman–Crippen LogP) is 5.56. The summed E-state index contributed by atoms with van der Waals surface area (Å²) in [6.45, 7) is -1.62. The van der Waals surface area contributed by atoms with Gasteiger partial charge in [0.1, 0.15) is 12.4 Å². The van der Waals surface area contributed by atoms with Gasteiger partial charge in [-0.2, -0.15) is 8.78 Å². The van der Waals surface area contributed by atoms with Crippen LogP contribution >= 0.6 is 11.6 Å². The molecular formula is C19H18ClF5N2O2. The molecule has 0 heterocycles. The smallest absolute Gasteiger partial charge is 0.330 e. The molecule has 0 unspecified atom stereocenters. The van der Waals surface area contributed by atoms with Crippen molar-refractivity contribution in [2.24, 2.45) is 0 Å². The number of ether oxygens (including phenoxy) is 1. The van der Waals surface area contributed by atoms with E-state index in [0.29, 0.717) is 16.8 Å². The number of urea groups is 1. The van der Waals surface area contributed by atoms with E-state index in [-0.39, 0.29) is 18.2 Å². The Hall–Kier alpha value is -2.39. The first-order valence-electron chi connectivity index (χ1n) is 8.37. The highest BCUT2D eigenvalue weighted by Crippen LogP contribution is 2.24. The highest BCUT2D eigenvalue weighted by Gasteiger charge is 2.40. The summed E-state index contributed by atoms with van der Waals surface area (Å²) >= 11 is 5.95. The molecular weight excluding hydrogens is 419 g/mol. The van der Waals surface area contributed by atoms with Gasteiger partial charge in [-0.1, -0.05) is 29.8 Å². The lowest BCUT2D eigenvalue weighted by Crippen LogP contribution is -2.32. The summed E-state index contributed by atoms with van der Waals surface area (Å²) in [6, 6.07) is 9.47. The molecule has 0 bridgehead atoms. The number of rotatable bonds is 8. The maximum atomic E-state index is 13.1. The zero-order valence-corrected chi connectivity index (χ0v) is 16.0. The first kappa shape index (κ1) is 22.9. The third-order valence-electron chi connectivity index (χ3n) is 3.83. The molecule has 2 rings (SSSR count). The number of halogens is 6. The molecule has 158 valence electrons. The van der Waals surface area contributed by atoms with Gasteiger partial charge in [-0.15, -0.1) is 0 Å². The van der Waals surface area contributed by atoms with Crippen molar-refractivity contribution >= 4 is 23.3 Å². The number of carbonyl (C=O) groups is 1. The van der Waals surface area contributed by atoms with Gasteiger partial charge in [0.15, 0.2) is 0 Å². The summed E-state index contributed by atoms with van der Waals surface area (Å²) in [5, 5.41) is 2.79. The Bertz CT molecular complexity index is 851. The summed E-state index contributed by atoms with van der Waals surface area (Å²) in [5.41, 5.74) is 1.32. The van der Waals surface area contributed by atoms with Crippen LogP contribution in [0.3, 0.4) is 0 Å². The monoisotopic (exact) mass is 436 g/mol. The molecule has 0 radical (unpaired) electrons. The first-order valence-corrected chi connectivity index (χ1v) is 8.75. The van der Waals surface area contributed by atoms with Gasteiger partial charge in [0.05, 0.1) is 6.61 Å². The number of anilines is 1. The van der Waals surface area contributed by atoms with Crippen molar-refractivity contribution < 1.29 is 31.5 Å². The molecule has 0 aliphatic carbocycles. The molecule has 29 heavy (non-hydrogen) atoms. The number of nitrogens with zero attached hydrogens (tertiary/aromatic N) is 1. The van der Waals surface area contributed by atoms with Crippen molar-refractivity contribution in [2.75, 3.05) is 19.0 Å². The van der Waals surface area contributed by atoms with Gasteiger partial charge in [-0.25, -0.2) is 18.0 Å². The highest BCUT2D eigenvalue weighted by atomic mass is 35.5. The van der Waals surface area contributed by atoms with Gasteiger partial charge < -0.3 is 15.0 Å². The molecule has 0 aliphatic heterocycles. The molecule has 0 atom stereocenters. The van der Waals surface area contributed by atoms with Gasteiger partial charge in [0.25, 0.3) is 0 Å². The van der Waals surface area contributed by atoms with Crippen molar-refractivity contribution in [2.45, 2.75) is 25.5 Å². The van der Waals surface area contributed by atoms with Crippen molar-refractivity contribution in [3.05, 3.63) is 64.4 Å². The lowest BCUT2D eigenvalue weighted by atomic mass is 10.2. The minimum Gasteiger partial charge on any atom is -0.370 e. The average molecular weight is 437 g/mol. The lowest BCUT2D eigenvalue weighted by Gasteiger charge is -2.19. The summed E-state index contributed by atoms with van der Waals surface area (Å²) in [6.07, 6.45) is -3.81. The van der Waals surface area contributed by atoms with Crippen LogP contribution in [-0.2, 0) is 17.9 Å². The van der Waals surface area contributed by atoms with Crippen LogP contribution in [0.5, 0.6) is 0 Å². The largest absolute Gasteiger partial charge is 0.370 e. The van der Waals surface area contributed by atoms with Crippen LogP contribution < -0.4 is 5.32 Å². The molecule has 4 nitrogen and oxygen atoms in total. The van der Waals surface area contributed by atoms with E-state index in [1.807, 2.05) is 0 Å². The van der Waals surface area contributed by atoms with Gasteiger partial charge in [-0.3, -0.25) is 0 Å². The zero-order valence-electron chi connectivity index (χ0n) is 15.3. The Balaban J connectivity index is 1.92. The van der Waals surface area contributed by atoms with Crippen LogP contribution in [0, 0.1) is 5.82 Å². The molecule has 2 aromatic rings. The highest BCUT2D eigenvalue weighted by molar-refractivity contribution is 6.31. The van der Waals surface area contributed by atoms with Crippen LogP contribution in [0.2, 0.25) is 5.02 Å². The van der Waals surface area contributed by atoms with E-state index in [9.17, 15) is 26.7 Å². The van der Waals surface area contributed by atoms with Gasteiger partial charge >= 0.3 is 18.4 Å². The van der Waals surface area contributed by atoms with E-state index in [1.165, 1.54) is 36.2 Å². The van der Waals surface area contributed by atoms with Crippen molar-refractivity contribution in [3.63, 3.8) is 0 Å². The van der Waals surface area contributed by atoms with Gasteiger partial charge in [0.2, 0.25) is 0 Å². The Morgan fingerprint density at radius 2 is 1.97 bits per heavy atom. The normalized spacial score (nSPS) is 11.6. The molecule has 0 fully saturated rings. The number of alkyl halides is 4. The number of nitrogens with one attached hydrogen (secondary N) is 1. The lowest BCUT2D eigenvalue weighted by molar-refractivity contribution is -0.168. The second-order valence-corrected chi connectivity index (χ2v) is 6.68. The number of amides is 2. The maximum absolute atomic E-state index is 13.1. The summed E-state index contributed by atoms with van der Waals surface area (Å²) in [4.78, 5) is 13.6. The molecule has 2 aromatic carbocycles. The van der Waals surface area contributed by atoms with Gasteiger partial charge in [-0.05, 0) is 35.4 Å². The Morgan fingerprint density at radius 1 is 1.24 bits per heavy atom. The van der Waals surface area contributed by atoms with E-state index < -0.39 is 30.8 Å². The molecule has 2 amide bonds. The standard InChI is InChI=1S/C19H18ClF5N2O2/c1-27(9-13-5-6-14(21)8-16(13)20)18(28)26-15-4-2-3-12(7-15)10-29-11-19(24,25)17(22)23/h2-8,17H,9-11H2,1H3,(H,26,28). The third-order valence-corrected chi connectivity index (χ3v) is 4.18. The Kier molecular flexibility index (Phi) is 7.80. The SMILES string of the molecule is CN(Cc1ccc(F)cc1Cl)C(=O)Nc1cccc(COCC(F)(F)C(F)F)c1. The minimum absolute atomic E-state index is 0.121. The zero-order chi connectivity index (χ0) is 21.6. The number of carbonyl (C=O) groups excluding carboxylic acids is 1. The second kappa shape index (κ2) is 9.89. The minimum atomic E-state index is -4.23. The van der Waals surface area contributed by atoms with E-state index in [1.54, 1.807) is 12.1 Å². The Morgan fingerprint density at radius 3 is 2.62 bits per heavy atom. The predicted molar refractivity (Wildman–Crippen MR) is 98.9 cm³/mol. The number of benzene rings is 2. The van der Waals surface area contributed by atoms with Crippen LogP contribution in [-0.4, -0.2) is 36.9 Å². The fourth-order valence-electron chi connectivity index (χ4n) is 2.30. The Labute approximate surface area is 169 Å². The van der Waals surface area contributed by atoms with Crippen molar-refractivity contribution in [1.82, 2.24) is 4.90 Å². The molecule has 0 aliphatic rings. The molecule has 0 spiro atoms. The van der Waals surface area contributed by atoms with E-state index in [0.717, 1.165) is 6.07 Å². The van der Waals surface area contributed by atoms with E-state index in [4.69, 9.17) is 11.6 Å². The van der Waals surface area contributed by atoms with Crippen molar-refractivity contribution in [1.29, 1.82) is 0 Å². The quantitative estimate of drug-likeness (QED) is 0.550.